The molecule has 0 spiro atoms. The largest absolute Gasteiger partial charge is 0.399 e. The lowest BCUT2D eigenvalue weighted by Crippen LogP contribution is -2.02. The second-order valence-electron chi connectivity index (χ2n) is 3.59. The van der Waals surface area contributed by atoms with Gasteiger partial charge in [0, 0.05) is 11.4 Å². The number of benzene rings is 1. The van der Waals surface area contributed by atoms with Gasteiger partial charge in [0.1, 0.15) is 6.33 Å². The van der Waals surface area contributed by atoms with Crippen LogP contribution in [0.15, 0.2) is 30.6 Å². The number of nitrogens with two attached hydrogens (primary N) is 1. The van der Waals surface area contributed by atoms with E-state index < -0.39 is 5.82 Å². The molecule has 0 aliphatic heterocycles. The topological polar surface area (TPSA) is 63.8 Å². The molecule has 0 amide bonds. The van der Waals surface area contributed by atoms with Crippen LogP contribution in [0.2, 0.25) is 0 Å². The Balaban J connectivity index is 2.30. The van der Waals surface area contributed by atoms with Crippen LogP contribution in [0, 0.1) is 5.82 Å². The molecule has 3 N–H and O–H groups in total. The summed E-state index contributed by atoms with van der Waals surface area (Å²) in [7, 11) is 0. The Hall–Kier alpha value is -2.17. The summed E-state index contributed by atoms with van der Waals surface area (Å²) >= 11 is 0. The van der Waals surface area contributed by atoms with Crippen molar-refractivity contribution in [1.82, 2.24) is 9.97 Å². The number of nitrogens with zero attached hydrogens (tertiary/aromatic N) is 2. The van der Waals surface area contributed by atoms with Crippen LogP contribution in [0.1, 0.15) is 12.6 Å². The molecule has 0 aliphatic rings. The first-order valence-electron chi connectivity index (χ1n) is 5.32. The maximum absolute atomic E-state index is 13.8. The summed E-state index contributed by atoms with van der Waals surface area (Å²) in [4.78, 5) is 7.74. The molecule has 0 radical (unpaired) electrons. The van der Waals surface area contributed by atoms with E-state index in [0.717, 1.165) is 0 Å². The van der Waals surface area contributed by atoms with Gasteiger partial charge < -0.3 is 11.1 Å². The Morgan fingerprint density at radius 3 is 2.88 bits per heavy atom. The Labute approximate surface area is 98.7 Å². The molecule has 4 nitrogen and oxygen atoms in total. The first-order chi connectivity index (χ1) is 8.20. The third kappa shape index (κ3) is 2.50. The van der Waals surface area contributed by atoms with E-state index >= 15 is 0 Å². The van der Waals surface area contributed by atoms with Gasteiger partial charge in [-0.15, -0.1) is 0 Å². The van der Waals surface area contributed by atoms with Crippen LogP contribution in [-0.2, 0) is 6.42 Å². The number of halogens is 1. The fourth-order valence-corrected chi connectivity index (χ4v) is 1.49. The molecule has 0 aliphatic carbocycles. The molecule has 1 heterocycles. The van der Waals surface area contributed by atoms with Gasteiger partial charge in [0.2, 0.25) is 0 Å². The van der Waals surface area contributed by atoms with Gasteiger partial charge >= 0.3 is 0 Å². The van der Waals surface area contributed by atoms with Crippen molar-refractivity contribution in [3.05, 3.63) is 42.1 Å². The van der Waals surface area contributed by atoms with Gasteiger partial charge in [-0.05, 0) is 24.6 Å². The van der Waals surface area contributed by atoms with Crippen LogP contribution in [0.25, 0.3) is 0 Å². The number of aryl methyl sites for hydroxylation is 1. The van der Waals surface area contributed by atoms with Crippen molar-refractivity contribution < 1.29 is 4.39 Å². The summed E-state index contributed by atoms with van der Waals surface area (Å²) in [5.41, 5.74) is 7.34. The normalized spacial score (nSPS) is 10.2. The SMILES string of the molecule is CCc1ncnc(Nc2cccc(N)c2)c1F. The summed E-state index contributed by atoms with van der Waals surface area (Å²) in [5.74, 6) is -0.250. The standard InChI is InChI=1S/C12H13FN4/c1-2-10-11(13)12(16-7-15-10)17-9-5-3-4-8(14)6-9/h3-7H,2,14H2,1H3,(H,15,16,17). The Kier molecular flexibility index (Phi) is 3.18. The van der Waals surface area contributed by atoms with E-state index in [-0.39, 0.29) is 5.82 Å². The summed E-state index contributed by atoms with van der Waals surface area (Å²) in [6.45, 7) is 1.84. The number of hydrogen-bond donors (Lipinski definition) is 2. The molecule has 1 aromatic carbocycles. The highest BCUT2D eigenvalue weighted by atomic mass is 19.1. The second kappa shape index (κ2) is 4.78. The van der Waals surface area contributed by atoms with Crippen molar-refractivity contribution in [2.24, 2.45) is 0 Å². The maximum atomic E-state index is 13.8. The van der Waals surface area contributed by atoms with E-state index in [4.69, 9.17) is 5.73 Å². The lowest BCUT2D eigenvalue weighted by Gasteiger charge is -2.08. The minimum Gasteiger partial charge on any atom is -0.399 e. The number of nitrogen functional groups attached to an aromatic ring is 1. The molecule has 0 bridgehead atoms. The van der Waals surface area contributed by atoms with Crippen LogP contribution in [0.5, 0.6) is 0 Å². The zero-order valence-electron chi connectivity index (χ0n) is 9.44. The monoisotopic (exact) mass is 232 g/mol. The lowest BCUT2D eigenvalue weighted by atomic mass is 10.2. The van der Waals surface area contributed by atoms with Crippen molar-refractivity contribution in [1.29, 1.82) is 0 Å². The number of nitrogens with one attached hydrogen (secondary N) is 1. The predicted octanol–water partition coefficient (Wildman–Crippen LogP) is 2.50. The molecule has 1 aromatic heterocycles. The smallest absolute Gasteiger partial charge is 0.187 e. The van der Waals surface area contributed by atoms with Gasteiger partial charge in [0.25, 0.3) is 0 Å². The molecule has 0 fully saturated rings. The summed E-state index contributed by atoms with van der Waals surface area (Å²) in [6.07, 6.45) is 1.87. The van der Waals surface area contributed by atoms with Gasteiger partial charge in [0.05, 0.1) is 5.69 Å². The number of anilines is 3. The molecule has 88 valence electrons. The molecular formula is C12H13FN4. The summed E-state index contributed by atoms with van der Waals surface area (Å²) < 4.78 is 13.8. The van der Waals surface area contributed by atoms with Gasteiger partial charge in [-0.1, -0.05) is 13.0 Å². The molecule has 17 heavy (non-hydrogen) atoms. The minimum atomic E-state index is -0.419. The highest BCUT2D eigenvalue weighted by Crippen LogP contribution is 2.20. The fraction of sp³-hybridized carbons (Fsp3) is 0.167. The quantitative estimate of drug-likeness (QED) is 0.798. The number of hydrogen-bond acceptors (Lipinski definition) is 4. The highest BCUT2D eigenvalue weighted by Gasteiger charge is 2.09. The number of rotatable bonds is 3. The van der Waals surface area contributed by atoms with Crippen LogP contribution in [-0.4, -0.2) is 9.97 Å². The van der Waals surface area contributed by atoms with E-state index in [9.17, 15) is 4.39 Å². The molecule has 0 unspecified atom stereocenters. The third-order valence-electron chi connectivity index (χ3n) is 2.35. The van der Waals surface area contributed by atoms with Gasteiger partial charge in [-0.2, -0.15) is 0 Å². The van der Waals surface area contributed by atoms with Crippen LogP contribution >= 0.6 is 0 Å². The van der Waals surface area contributed by atoms with Crippen LogP contribution in [0.4, 0.5) is 21.6 Å². The molecule has 5 heteroatoms. The number of aromatic nitrogens is 2. The van der Waals surface area contributed by atoms with Gasteiger partial charge in [-0.25, -0.2) is 14.4 Å². The first kappa shape index (κ1) is 11.3. The Morgan fingerprint density at radius 2 is 2.18 bits per heavy atom. The van der Waals surface area contributed by atoms with Crippen molar-refractivity contribution in [2.45, 2.75) is 13.3 Å². The molecule has 2 aromatic rings. The van der Waals surface area contributed by atoms with E-state index in [1.54, 1.807) is 24.3 Å². The molecular weight excluding hydrogens is 219 g/mol. The molecule has 2 rings (SSSR count). The maximum Gasteiger partial charge on any atom is 0.187 e. The van der Waals surface area contributed by atoms with E-state index in [1.807, 2.05) is 6.92 Å². The van der Waals surface area contributed by atoms with Crippen molar-refractivity contribution in [3.8, 4) is 0 Å². The zero-order chi connectivity index (χ0) is 12.3. The summed E-state index contributed by atoms with van der Waals surface area (Å²) in [5, 5.41) is 2.88. The minimum absolute atomic E-state index is 0.169. The highest BCUT2D eigenvalue weighted by molar-refractivity contribution is 5.61. The van der Waals surface area contributed by atoms with Crippen LogP contribution < -0.4 is 11.1 Å². The predicted molar refractivity (Wildman–Crippen MR) is 65.5 cm³/mol. The van der Waals surface area contributed by atoms with Gasteiger partial charge in [0.15, 0.2) is 11.6 Å². The van der Waals surface area contributed by atoms with E-state index in [1.165, 1.54) is 6.33 Å². The fourth-order valence-electron chi connectivity index (χ4n) is 1.49. The molecule has 0 saturated heterocycles. The summed E-state index contributed by atoms with van der Waals surface area (Å²) in [6, 6.07) is 7.06. The second-order valence-corrected chi connectivity index (χ2v) is 3.59. The zero-order valence-corrected chi connectivity index (χ0v) is 9.44. The molecule has 0 atom stereocenters. The van der Waals surface area contributed by atoms with E-state index in [0.29, 0.717) is 23.5 Å². The van der Waals surface area contributed by atoms with Crippen molar-refractivity contribution in [3.63, 3.8) is 0 Å². The molecule has 0 saturated carbocycles. The Morgan fingerprint density at radius 1 is 1.35 bits per heavy atom. The third-order valence-corrected chi connectivity index (χ3v) is 2.35. The average molecular weight is 232 g/mol. The van der Waals surface area contributed by atoms with Gasteiger partial charge in [-0.3, -0.25) is 0 Å². The van der Waals surface area contributed by atoms with Crippen LogP contribution in [0.3, 0.4) is 0 Å². The van der Waals surface area contributed by atoms with Crippen molar-refractivity contribution >= 4 is 17.2 Å². The van der Waals surface area contributed by atoms with E-state index in [2.05, 4.69) is 15.3 Å². The Bertz CT molecular complexity index is 528. The lowest BCUT2D eigenvalue weighted by molar-refractivity contribution is 0.599. The first-order valence-corrected chi connectivity index (χ1v) is 5.32. The average Bonchev–Trinajstić information content (AvgIpc) is 2.32. The van der Waals surface area contributed by atoms with Crippen molar-refractivity contribution in [2.75, 3.05) is 11.1 Å².